The Morgan fingerprint density at radius 1 is 1.36 bits per heavy atom. The number of hydrogen-bond acceptors (Lipinski definition) is 10. The number of esters is 1. The summed E-state index contributed by atoms with van der Waals surface area (Å²) in [5, 5.41) is 20.8. The number of hydrogen-bond donors (Lipinski definition) is 1. The van der Waals surface area contributed by atoms with Crippen LogP contribution >= 0.6 is 11.3 Å². The standard InChI is InChI=1S/C22H20N4O8S2/c1-11(27)17-15-7-14(16-8-24-10-23-19(21(24)35-16)36(2,32)33)18(25(15)20(17)28)22(29)34-9-12-3-5-13(6-4-12)26(30)31/h3-6,8,10-11,15,17,27H,7,9H2,1-2H3/t11?,15-,17-/m1/s1. The summed E-state index contributed by atoms with van der Waals surface area (Å²) in [6, 6.07) is 5.11. The van der Waals surface area contributed by atoms with Gasteiger partial charge in [0.05, 0.1) is 27.9 Å². The van der Waals surface area contributed by atoms with Crippen LogP contribution in [0.15, 0.2) is 47.5 Å². The van der Waals surface area contributed by atoms with Crippen molar-refractivity contribution >= 4 is 49.1 Å². The number of carbonyl (C=O) groups is 2. The Morgan fingerprint density at radius 3 is 2.67 bits per heavy atom. The summed E-state index contributed by atoms with van der Waals surface area (Å²) in [5.74, 6) is -1.82. The Bertz CT molecular complexity index is 1550. The van der Waals surface area contributed by atoms with E-state index >= 15 is 0 Å². The number of nitrogens with zero attached hydrogens (tertiary/aromatic N) is 4. The van der Waals surface area contributed by atoms with Crippen molar-refractivity contribution < 1.29 is 32.8 Å². The molecule has 3 aromatic rings. The number of fused-ring (bicyclic) bond motifs is 2. The first kappa shape index (κ1) is 24.1. The number of aliphatic hydroxyl groups is 1. The van der Waals surface area contributed by atoms with E-state index in [-0.39, 0.29) is 29.4 Å². The predicted octanol–water partition coefficient (Wildman–Crippen LogP) is 1.77. The zero-order valence-corrected chi connectivity index (χ0v) is 20.7. The number of rotatable bonds is 7. The molecule has 1 saturated heterocycles. The maximum atomic E-state index is 13.2. The molecule has 14 heteroatoms. The van der Waals surface area contributed by atoms with Gasteiger partial charge in [-0.25, -0.2) is 18.2 Å². The van der Waals surface area contributed by atoms with Gasteiger partial charge >= 0.3 is 5.97 Å². The monoisotopic (exact) mass is 532 g/mol. The maximum absolute atomic E-state index is 13.2. The molecule has 2 aliphatic rings. The number of β-lactam (4-membered cyclic amide) rings is 1. The van der Waals surface area contributed by atoms with Crippen molar-refractivity contribution in [3.8, 4) is 0 Å². The minimum absolute atomic E-state index is 0.0437. The zero-order chi connectivity index (χ0) is 25.9. The number of carbonyl (C=O) groups excluding carboxylic acids is 2. The van der Waals surface area contributed by atoms with E-state index < -0.39 is 44.7 Å². The smallest absolute Gasteiger partial charge is 0.355 e. The quantitative estimate of drug-likeness (QED) is 0.207. The van der Waals surface area contributed by atoms with Gasteiger partial charge in [-0.1, -0.05) is 0 Å². The van der Waals surface area contributed by atoms with E-state index in [0.717, 1.165) is 17.6 Å². The van der Waals surface area contributed by atoms with E-state index in [4.69, 9.17) is 4.74 Å². The number of ether oxygens (including phenoxy) is 1. The SMILES string of the molecule is CC(O)[C@H]1C(=O)N2C(C(=O)OCc3ccc([N+](=O)[O-])cc3)=C(c3cn4cnc(S(C)(=O)=O)c4s3)C[C@H]12. The number of aliphatic hydroxyl groups excluding tert-OH is 1. The van der Waals surface area contributed by atoms with Gasteiger partial charge in [0.2, 0.25) is 5.91 Å². The molecule has 0 radical (unpaired) electrons. The highest BCUT2D eigenvalue weighted by atomic mass is 32.2. The molecule has 5 rings (SSSR count). The zero-order valence-electron chi connectivity index (χ0n) is 19.0. The van der Waals surface area contributed by atoms with Crippen LogP contribution in [0.5, 0.6) is 0 Å². The number of benzene rings is 1. The number of amides is 1. The first-order valence-electron chi connectivity index (χ1n) is 10.8. The van der Waals surface area contributed by atoms with Crippen molar-refractivity contribution in [3.63, 3.8) is 0 Å². The van der Waals surface area contributed by atoms with E-state index in [9.17, 15) is 33.2 Å². The number of nitro benzene ring substituents is 1. The molecule has 188 valence electrons. The fourth-order valence-electron chi connectivity index (χ4n) is 4.58. The number of imidazole rings is 1. The Morgan fingerprint density at radius 2 is 2.06 bits per heavy atom. The largest absolute Gasteiger partial charge is 0.456 e. The fourth-order valence-corrected chi connectivity index (χ4v) is 6.85. The molecule has 2 aromatic heterocycles. The maximum Gasteiger partial charge on any atom is 0.355 e. The average molecular weight is 533 g/mol. The van der Waals surface area contributed by atoms with E-state index in [1.165, 1.54) is 42.4 Å². The Labute approximate surface area is 208 Å². The van der Waals surface area contributed by atoms with Crippen LogP contribution in [0.4, 0.5) is 5.69 Å². The highest BCUT2D eigenvalue weighted by Gasteiger charge is 2.57. The molecule has 0 spiro atoms. The van der Waals surface area contributed by atoms with Crippen molar-refractivity contribution in [2.45, 2.75) is 37.1 Å². The third-order valence-corrected chi connectivity index (χ3v) is 8.57. The topological polar surface area (TPSA) is 161 Å². The summed E-state index contributed by atoms with van der Waals surface area (Å²) >= 11 is 1.13. The van der Waals surface area contributed by atoms with Crippen molar-refractivity contribution in [2.75, 3.05) is 6.26 Å². The van der Waals surface area contributed by atoms with Gasteiger partial charge in [0.25, 0.3) is 5.69 Å². The van der Waals surface area contributed by atoms with Gasteiger partial charge in [-0.2, -0.15) is 0 Å². The molecule has 12 nitrogen and oxygen atoms in total. The highest BCUT2D eigenvalue weighted by Crippen LogP contribution is 2.48. The second-order valence-electron chi connectivity index (χ2n) is 8.70. The molecule has 1 fully saturated rings. The Kier molecular flexibility index (Phi) is 5.69. The molecule has 1 unspecified atom stereocenters. The number of aromatic nitrogens is 2. The summed E-state index contributed by atoms with van der Waals surface area (Å²) < 4.78 is 31.2. The molecule has 36 heavy (non-hydrogen) atoms. The second-order valence-corrected chi connectivity index (χ2v) is 11.7. The van der Waals surface area contributed by atoms with Gasteiger partial charge in [-0.15, -0.1) is 11.3 Å². The lowest BCUT2D eigenvalue weighted by molar-refractivity contribution is -0.384. The lowest BCUT2D eigenvalue weighted by Gasteiger charge is -2.44. The third kappa shape index (κ3) is 3.86. The molecule has 0 saturated carbocycles. The van der Waals surface area contributed by atoms with Gasteiger partial charge in [-0.05, 0) is 31.0 Å². The van der Waals surface area contributed by atoms with Crippen molar-refractivity contribution in [1.82, 2.24) is 14.3 Å². The van der Waals surface area contributed by atoms with Crippen LogP contribution in [0.3, 0.4) is 0 Å². The van der Waals surface area contributed by atoms with Gasteiger partial charge in [-0.3, -0.25) is 19.3 Å². The van der Waals surface area contributed by atoms with Gasteiger partial charge in [0.15, 0.2) is 14.9 Å². The first-order valence-corrected chi connectivity index (χ1v) is 13.5. The molecule has 1 N–H and O–H groups in total. The van der Waals surface area contributed by atoms with E-state index in [0.29, 0.717) is 20.8 Å². The Balaban J connectivity index is 1.49. The third-order valence-electron chi connectivity index (χ3n) is 6.27. The summed E-state index contributed by atoms with van der Waals surface area (Å²) in [5.41, 5.74) is 0.985. The van der Waals surface area contributed by atoms with Crippen molar-refractivity contribution in [2.24, 2.45) is 5.92 Å². The van der Waals surface area contributed by atoms with Crippen LogP contribution in [0.25, 0.3) is 10.4 Å². The lowest BCUT2D eigenvalue weighted by atomic mass is 9.83. The number of sulfone groups is 1. The normalized spacial score (nSPS) is 20.4. The molecule has 1 aromatic carbocycles. The molecular weight excluding hydrogens is 512 g/mol. The number of non-ortho nitro benzene ring substituents is 1. The molecule has 4 heterocycles. The minimum Gasteiger partial charge on any atom is -0.456 e. The summed E-state index contributed by atoms with van der Waals surface area (Å²) in [7, 11) is -3.58. The molecule has 1 amide bonds. The Hall–Kier alpha value is -3.62. The summed E-state index contributed by atoms with van der Waals surface area (Å²) in [6.07, 6.45) is 3.45. The van der Waals surface area contributed by atoms with Crippen LogP contribution in [-0.2, 0) is 30.8 Å². The number of thiazole rings is 1. The van der Waals surface area contributed by atoms with Gasteiger partial charge in [0, 0.05) is 30.2 Å². The van der Waals surface area contributed by atoms with Crippen molar-refractivity contribution in [1.29, 1.82) is 0 Å². The van der Waals surface area contributed by atoms with Crippen LogP contribution in [0.2, 0.25) is 0 Å². The molecule has 0 aliphatic carbocycles. The molecule has 0 bridgehead atoms. The fraction of sp³-hybridized carbons (Fsp3) is 0.318. The lowest BCUT2D eigenvalue weighted by Crippen LogP contribution is -2.61. The molecule has 3 atom stereocenters. The minimum atomic E-state index is -3.58. The van der Waals surface area contributed by atoms with E-state index in [1.807, 2.05) is 0 Å². The first-order chi connectivity index (χ1) is 17.0. The predicted molar refractivity (Wildman–Crippen MR) is 126 cm³/mol. The molecule has 2 aliphatic heterocycles. The van der Waals surface area contributed by atoms with E-state index in [1.54, 1.807) is 10.6 Å². The summed E-state index contributed by atoms with van der Waals surface area (Å²) in [4.78, 5) is 42.6. The van der Waals surface area contributed by atoms with Crippen LogP contribution in [-0.4, -0.2) is 63.0 Å². The number of nitro groups is 1. The van der Waals surface area contributed by atoms with Gasteiger partial charge < -0.3 is 14.7 Å². The van der Waals surface area contributed by atoms with Gasteiger partial charge in [0.1, 0.15) is 23.5 Å². The van der Waals surface area contributed by atoms with Crippen LogP contribution in [0, 0.1) is 16.0 Å². The van der Waals surface area contributed by atoms with Crippen LogP contribution in [0.1, 0.15) is 23.8 Å². The van der Waals surface area contributed by atoms with Crippen molar-refractivity contribution in [3.05, 3.63) is 63.0 Å². The van der Waals surface area contributed by atoms with E-state index in [2.05, 4.69) is 4.98 Å². The highest BCUT2D eigenvalue weighted by molar-refractivity contribution is 7.91. The van der Waals surface area contributed by atoms with Crippen LogP contribution < -0.4 is 0 Å². The summed E-state index contributed by atoms with van der Waals surface area (Å²) in [6.45, 7) is 1.35. The average Bonchev–Trinajstić information content (AvgIpc) is 3.47. The second kappa shape index (κ2) is 8.50. The molecular formula is C22H20N4O8S2.